The highest BCUT2D eigenvalue weighted by molar-refractivity contribution is 5.95. The Morgan fingerprint density at radius 3 is 2.62 bits per heavy atom. The Labute approximate surface area is 148 Å². The summed E-state index contributed by atoms with van der Waals surface area (Å²) in [6.07, 6.45) is 1.04. The molecule has 0 radical (unpaired) electrons. The van der Waals surface area contributed by atoms with Gasteiger partial charge in [0.1, 0.15) is 24.8 Å². The first kappa shape index (κ1) is 17.8. The number of carboxylic acids is 1. The molecule has 2 aromatic carbocycles. The zero-order valence-electron chi connectivity index (χ0n) is 13.8. The Hall–Kier alpha value is -2.96. The number of halogens is 2. The van der Waals surface area contributed by atoms with E-state index in [2.05, 4.69) is 5.32 Å². The number of aromatic carboxylic acids is 1. The molecule has 0 fully saturated rings. The minimum atomic E-state index is -1.00. The number of ether oxygens (including phenoxy) is 1. The number of fused-ring (bicyclic) bond motifs is 1. The van der Waals surface area contributed by atoms with Crippen LogP contribution in [0.4, 0.5) is 8.78 Å². The van der Waals surface area contributed by atoms with Crippen molar-refractivity contribution >= 4 is 11.9 Å². The molecule has 1 atom stereocenters. The average molecular weight is 361 g/mol. The summed E-state index contributed by atoms with van der Waals surface area (Å²) in [6.45, 7) is -0.862. The maximum absolute atomic E-state index is 14.1. The van der Waals surface area contributed by atoms with Crippen LogP contribution >= 0.6 is 0 Å². The van der Waals surface area contributed by atoms with Gasteiger partial charge >= 0.3 is 5.97 Å². The Bertz CT molecular complexity index is 853. The lowest BCUT2D eigenvalue weighted by Gasteiger charge is -2.13. The standard InChI is InChI=1S/C19H17F2NO4/c20-5-6-26-15-3-4-16(17(21)10-15)18(23)22-14-8-11-1-2-12(19(24)25)7-13(11)9-14/h1-4,7,10,14H,5-6,8-9H2,(H,22,23)(H,24,25). The van der Waals surface area contributed by atoms with E-state index in [1.54, 1.807) is 12.1 Å². The Kier molecular flexibility index (Phi) is 5.16. The molecule has 0 saturated carbocycles. The third-order valence-electron chi connectivity index (χ3n) is 4.25. The van der Waals surface area contributed by atoms with Crippen LogP contribution in [0.1, 0.15) is 31.8 Å². The lowest BCUT2D eigenvalue weighted by atomic mass is 10.1. The van der Waals surface area contributed by atoms with Crippen molar-refractivity contribution in [2.24, 2.45) is 0 Å². The first-order valence-corrected chi connectivity index (χ1v) is 8.12. The molecule has 0 saturated heterocycles. The molecule has 0 aromatic heterocycles. The van der Waals surface area contributed by atoms with E-state index in [1.807, 2.05) is 0 Å². The van der Waals surface area contributed by atoms with Crippen LogP contribution in [0.2, 0.25) is 0 Å². The summed E-state index contributed by atoms with van der Waals surface area (Å²) in [5.41, 5.74) is 1.91. The minimum Gasteiger partial charge on any atom is -0.491 e. The molecule has 2 aromatic rings. The molecule has 1 aliphatic carbocycles. The topological polar surface area (TPSA) is 75.6 Å². The third-order valence-corrected chi connectivity index (χ3v) is 4.25. The van der Waals surface area contributed by atoms with Crippen LogP contribution in [0.3, 0.4) is 0 Å². The van der Waals surface area contributed by atoms with E-state index < -0.39 is 24.4 Å². The summed E-state index contributed by atoms with van der Waals surface area (Å²) < 4.78 is 31.2. The highest BCUT2D eigenvalue weighted by atomic mass is 19.1. The number of nitrogens with one attached hydrogen (secondary N) is 1. The molecule has 0 heterocycles. The number of benzene rings is 2. The van der Waals surface area contributed by atoms with Gasteiger partial charge in [-0.05, 0) is 48.2 Å². The molecule has 5 nitrogen and oxygen atoms in total. The highest BCUT2D eigenvalue weighted by Crippen LogP contribution is 2.24. The quantitative estimate of drug-likeness (QED) is 0.830. The van der Waals surface area contributed by atoms with E-state index in [0.29, 0.717) is 12.8 Å². The van der Waals surface area contributed by atoms with Gasteiger partial charge in [-0.1, -0.05) is 6.07 Å². The van der Waals surface area contributed by atoms with Crippen LogP contribution in [0.15, 0.2) is 36.4 Å². The van der Waals surface area contributed by atoms with Crippen molar-refractivity contribution in [2.75, 3.05) is 13.3 Å². The second kappa shape index (κ2) is 7.51. The minimum absolute atomic E-state index is 0.125. The molecule has 136 valence electrons. The van der Waals surface area contributed by atoms with Crippen molar-refractivity contribution in [3.8, 4) is 5.75 Å². The number of amides is 1. The molecule has 1 aliphatic rings. The van der Waals surface area contributed by atoms with Gasteiger partial charge in [0, 0.05) is 12.1 Å². The lowest BCUT2D eigenvalue weighted by Crippen LogP contribution is -2.35. The maximum atomic E-state index is 14.1. The fourth-order valence-electron chi connectivity index (χ4n) is 3.04. The molecule has 0 bridgehead atoms. The summed E-state index contributed by atoms with van der Waals surface area (Å²) in [5.74, 6) is -2.15. The Morgan fingerprint density at radius 2 is 1.92 bits per heavy atom. The van der Waals surface area contributed by atoms with Gasteiger partial charge < -0.3 is 15.2 Å². The van der Waals surface area contributed by atoms with E-state index in [1.165, 1.54) is 18.2 Å². The van der Waals surface area contributed by atoms with Crippen LogP contribution in [-0.4, -0.2) is 36.3 Å². The first-order chi connectivity index (χ1) is 12.5. The number of alkyl halides is 1. The largest absolute Gasteiger partial charge is 0.491 e. The molecule has 7 heteroatoms. The van der Waals surface area contributed by atoms with Gasteiger partial charge in [-0.2, -0.15) is 0 Å². The van der Waals surface area contributed by atoms with E-state index in [-0.39, 0.29) is 29.5 Å². The zero-order chi connectivity index (χ0) is 18.7. The number of hydrogen-bond donors (Lipinski definition) is 2. The molecule has 3 rings (SSSR count). The molecule has 0 spiro atoms. The molecule has 0 aliphatic heterocycles. The van der Waals surface area contributed by atoms with E-state index >= 15 is 0 Å². The Morgan fingerprint density at radius 1 is 1.15 bits per heavy atom. The predicted octanol–water partition coefficient (Wildman–Crippen LogP) is 2.77. The van der Waals surface area contributed by atoms with Crippen LogP contribution in [-0.2, 0) is 12.8 Å². The number of rotatable bonds is 6. The average Bonchev–Trinajstić information content (AvgIpc) is 3.01. The van der Waals surface area contributed by atoms with Gasteiger partial charge in [-0.3, -0.25) is 4.79 Å². The molecular formula is C19H17F2NO4. The van der Waals surface area contributed by atoms with Gasteiger partial charge in [0.2, 0.25) is 0 Å². The zero-order valence-corrected chi connectivity index (χ0v) is 13.8. The van der Waals surface area contributed by atoms with Gasteiger partial charge in [0.15, 0.2) is 0 Å². The normalized spacial score (nSPS) is 15.4. The Balaban J connectivity index is 1.66. The van der Waals surface area contributed by atoms with Gasteiger partial charge in [-0.15, -0.1) is 0 Å². The monoisotopic (exact) mass is 361 g/mol. The SMILES string of the molecule is O=C(O)c1ccc2c(c1)CC(NC(=O)c1ccc(OCCF)cc1F)C2. The van der Waals surface area contributed by atoms with Crippen molar-refractivity contribution in [2.45, 2.75) is 18.9 Å². The molecule has 1 amide bonds. The van der Waals surface area contributed by atoms with E-state index in [9.17, 15) is 18.4 Å². The van der Waals surface area contributed by atoms with E-state index in [4.69, 9.17) is 9.84 Å². The first-order valence-electron chi connectivity index (χ1n) is 8.12. The van der Waals surface area contributed by atoms with Crippen molar-refractivity contribution in [1.29, 1.82) is 0 Å². The fraction of sp³-hybridized carbons (Fsp3) is 0.263. The number of carbonyl (C=O) groups is 2. The van der Waals surface area contributed by atoms with Crippen molar-refractivity contribution in [3.63, 3.8) is 0 Å². The van der Waals surface area contributed by atoms with Gasteiger partial charge in [0.05, 0.1) is 11.1 Å². The smallest absolute Gasteiger partial charge is 0.335 e. The third kappa shape index (κ3) is 3.82. The molecule has 26 heavy (non-hydrogen) atoms. The summed E-state index contributed by atoms with van der Waals surface area (Å²) in [4.78, 5) is 23.4. The van der Waals surface area contributed by atoms with Crippen molar-refractivity contribution in [3.05, 3.63) is 64.5 Å². The molecular weight excluding hydrogens is 344 g/mol. The summed E-state index contributed by atoms with van der Waals surface area (Å²) >= 11 is 0. The van der Waals surface area contributed by atoms with Crippen molar-refractivity contribution in [1.82, 2.24) is 5.32 Å². The van der Waals surface area contributed by atoms with Crippen LogP contribution in [0, 0.1) is 5.82 Å². The summed E-state index contributed by atoms with van der Waals surface area (Å²) in [5, 5.41) is 11.8. The van der Waals surface area contributed by atoms with Gasteiger partial charge in [-0.25, -0.2) is 13.6 Å². The fourth-order valence-corrected chi connectivity index (χ4v) is 3.04. The van der Waals surface area contributed by atoms with Crippen LogP contribution in [0.5, 0.6) is 5.75 Å². The number of carboxylic acid groups (broad SMARTS) is 1. The van der Waals surface area contributed by atoms with Gasteiger partial charge in [0.25, 0.3) is 5.91 Å². The second-order valence-corrected chi connectivity index (χ2v) is 6.05. The molecule has 2 N–H and O–H groups in total. The summed E-state index contributed by atoms with van der Waals surface area (Å²) in [7, 11) is 0. The molecule has 1 unspecified atom stereocenters. The highest BCUT2D eigenvalue weighted by Gasteiger charge is 2.25. The van der Waals surface area contributed by atoms with Crippen LogP contribution in [0.25, 0.3) is 0 Å². The number of carbonyl (C=O) groups excluding carboxylic acids is 1. The summed E-state index contributed by atoms with van der Waals surface area (Å²) in [6, 6.07) is 8.39. The number of hydrogen-bond acceptors (Lipinski definition) is 3. The predicted molar refractivity (Wildman–Crippen MR) is 89.9 cm³/mol. The van der Waals surface area contributed by atoms with E-state index in [0.717, 1.165) is 17.2 Å². The van der Waals surface area contributed by atoms with Crippen molar-refractivity contribution < 1.29 is 28.2 Å². The second-order valence-electron chi connectivity index (χ2n) is 6.05. The maximum Gasteiger partial charge on any atom is 0.335 e. The van der Waals surface area contributed by atoms with Crippen LogP contribution < -0.4 is 10.1 Å². The lowest BCUT2D eigenvalue weighted by molar-refractivity contribution is 0.0696.